The first kappa shape index (κ1) is 17.9. The molecule has 1 aromatic carbocycles. The van der Waals surface area contributed by atoms with Crippen LogP contribution in [0.5, 0.6) is 0 Å². The summed E-state index contributed by atoms with van der Waals surface area (Å²) in [5, 5.41) is 2.94. The molecule has 2 rings (SSSR count). The summed E-state index contributed by atoms with van der Waals surface area (Å²) in [6, 6.07) is 9.06. The molecule has 0 aromatic heterocycles. The number of sulfonamides is 1. The summed E-state index contributed by atoms with van der Waals surface area (Å²) in [6.45, 7) is 2.55. The van der Waals surface area contributed by atoms with Crippen molar-refractivity contribution in [2.24, 2.45) is 5.73 Å². The van der Waals surface area contributed by atoms with Crippen molar-refractivity contribution in [3.8, 4) is 0 Å². The van der Waals surface area contributed by atoms with Crippen LogP contribution in [0.25, 0.3) is 0 Å². The number of nitrogens with one attached hydrogen (secondary N) is 1. The zero-order chi connectivity index (χ0) is 16.9. The Bertz CT molecular complexity index is 611. The maximum absolute atomic E-state index is 12.2. The maximum Gasteiger partial charge on any atom is 0.237 e. The van der Waals surface area contributed by atoms with Crippen molar-refractivity contribution in [2.45, 2.75) is 38.3 Å². The van der Waals surface area contributed by atoms with Gasteiger partial charge < -0.3 is 11.1 Å². The van der Waals surface area contributed by atoms with Gasteiger partial charge in [-0.1, -0.05) is 30.3 Å². The second-order valence-electron chi connectivity index (χ2n) is 5.88. The monoisotopic (exact) mass is 339 g/mol. The van der Waals surface area contributed by atoms with E-state index in [2.05, 4.69) is 5.32 Å². The Morgan fingerprint density at radius 2 is 1.91 bits per heavy atom. The van der Waals surface area contributed by atoms with Gasteiger partial charge in [0.25, 0.3) is 0 Å². The predicted molar refractivity (Wildman–Crippen MR) is 90.3 cm³/mol. The third kappa shape index (κ3) is 5.02. The molecule has 23 heavy (non-hydrogen) atoms. The molecule has 0 saturated carbocycles. The molecule has 0 bridgehead atoms. The van der Waals surface area contributed by atoms with Crippen LogP contribution >= 0.6 is 0 Å². The Hall–Kier alpha value is -1.44. The predicted octanol–water partition coefficient (Wildman–Crippen LogP) is 0.487. The lowest BCUT2D eigenvalue weighted by Gasteiger charge is -2.31. The van der Waals surface area contributed by atoms with Crippen LogP contribution in [0, 0.1) is 0 Å². The number of hydrogen-bond donors (Lipinski definition) is 2. The smallest absolute Gasteiger partial charge is 0.237 e. The van der Waals surface area contributed by atoms with Crippen LogP contribution in [0.2, 0.25) is 0 Å². The Morgan fingerprint density at radius 1 is 1.30 bits per heavy atom. The number of amides is 1. The lowest BCUT2D eigenvalue weighted by atomic mass is 10.0. The lowest BCUT2D eigenvalue weighted by Crippen LogP contribution is -2.51. The van der Waals surface area contributed by atoms with Crippen LogP contribution in [0.4, 0.5) is 0 Å². The standard InChI is InChI=1S/C16H25N3O3S/c1-2-23(21,22)19-10-8-14(9-11-19)18-16(20)15(17)12-13-6-4-3-5-7-13/h3-7,14-15H,2,8-12,17H2,1H3,(H,18,20). The van der Waals surface area contributed by atoms with E-state index < -0.39 is 16.1 Å². The summed E-state index contributed by atoms with van der Waals surface area (Å²) in [5.74, 6) is -0.0583. The average molecular weight is 339 g/mol. The fraction of sp³-hybridized carbons (Fsp3) is 0.562. The zero-order valence-electron chi connectivity index (χ0n) is 13.4. The summed E-state index contributed by atoms with van der Waals surface area (Å²) in [4.78, 5) is 12.2. The molecule has 0 spiro atoms. The van der Waals surface area contributed by atoms with Crippen LogP contribution in [-0.2, 0) is 21.2 Å². The number of carbonyl (C=O) groups excluding carboxylic acids is 1. The Balaban J connectivity index is 1.80. The zero-order valence-corrected chi connectivity index (χ0v) is 14.3. The second kappa shape index (κ2) is 7.90. The summed E-state index contributed by atoms with van der Waals surface area (Å²) in [7, 11) is -3.13. The van der Waals surface area contributed by atoms with Crippen molar-refractivity contribution >= 4 is 15.9 Å². The number of benzene rings is 1. The molecule has 128 valence electrons. The van der Waals surface area contributed by atoms with E-state index in [-0.39, 0.29) is 17.7 Å². The number of rotatable bonds is 6. The van der Waals surface area contributed by atoms with Gasteiger partial charge in [-0.05, 0) is 31.7 Å². The lowest BCUT2D eigenvalue weighted by molar-refractivity contribution is -0.123. The molecule has 1 aromatic rings. The highest BCUT2D eigenvalue weighted by Crippen LogP contribution is 2.14. The summed E-state index contributed by atoms with van der Waals surface area (Å²) in [5.41, 5.74) is 6.99. The molecule has 7 heteroatoms. The number of nitrogens with zero attached hydrogens (tertiary/aromatic N) is 1. The minimum absolute atomic E-state index is 0.00682. The highest BCUT2D eigenvalue weighted by Gasteiger charge is 2.28. The number of piperidine rings is 1. The van der Waals surface area contributed by atoms with Gasteiger partial charge in [-0.25, -0.2) is 12.7 Å². The number of hydrogen-bond acceptors (Lipinski definition) is 4. The van der Waals surface area contributed by atoms with Gasteiger partial charge in [-0.3, -0.25) is 4.79 Å². The van der Waals surface area contributed by atoms with E-state index in [9.17, 15) is 13.2 Å². The SMILES string of the molecule is CCS(=O)(=O)N1CCC(NC(=O)C(N)Cc2ccccc2)CC1. The van der Waals surface area contributed by atoms with E-state index in [0.29, 0.717) is 32.4 Å². The largest absolute Gasteiger partial charge is 0.352 e. The first-order valence-corrected chi connectivity index (χ1v) is 9.61. The molecule has 1 aliphatic heterocycles. The van der Waals surface area contributed by atoms with Crippen LogP contribution in [0.1, 0.15) is 25.3 Å². The Labute approximate surface area is 138 Å². The fourth-order valence-corrected chi connectivity index (χ4v) is 3.86. The molecule has 6 nitrogen and oxygen atoms in total. The Kier molecular flexibility index (Phi) is 6.15. The van der Waals surface area contributed by atoms with Crippen molar-refractivity contribution < 1.29 is 13.2 Å². The molecule has 1 atom stereocenters. The minimum Gasteiger partial charge on any atom is -0.352 e. The van der Waals surface area contributed by atoms with Gasteiger partial charge in [0.15, 0.2) is 0 Å². The van der Waals surface area contributed by atoms with Gasteiger partial charge in [0, 0.05) is 19.1 Å². The van der Waals surface area contributed by atoms with E-state index >= 15 is 0 Å². The summed E-state index contributed by atoms with van der Waals surface area (Å²) in [6.07, 6.45) is 1.75. The van der Waals surface area contributed by atoms with Gasteiger partial charge in [-0.2, -0.15) is 0 Å². The third-order valence-electron chi connectivity index (χ3n) is 4.19. The maximum atomic E-state index is 12.2. The molecule has 1 aliphatic rings. The van der Waals surface area contributed by atoms with E-state index in [1.165, 1.54) is 4.31 Å². The normalized spacial score (nSPS) is 18.5. The van der Waals surface area contributed by atoms with Crippen molar-refractivity contribution in [2.75, 3.05) is 18.8 Å². The van der Waals surface area contributed by atoms with Crippen molar-refractivity contribution in [1.82, 2.24) is 9.62 Å². The van der Waals surface area contributed by atoms with E-state index in [4.69, 9.17) is 5.73 Å². The first-order chi connectivity index (χ1) is 10.9. The first-order valence-electron chi connectivity index (χ1n) is 8.00. The van der Waals surface area contributed by atoms with Gasteiger partial charge >= 0.3 is 0 Å². The van der Waals surface area contributed by atoms with Gasteiger partial charge in [0.05, 0.1) is 11.8 Å². The molecular weight excluding hydrogens is 314 g/mol. The molecular formula is C16H25N3O3S. The van der Waals surface area contributed by atoms with Gasteiger partial charge in [-0.15, -0.1) is 0 Å². The topological polar surface area (TPSA) is 92.5 Å². The van der Waals surface area contributed by atoms with Crippen molar-refractivity contribution in [3.63, 3.8) is 0 Å². The van der Waals surface area contributed by atoms with Crippen LogP contribution < -0.4 is 11.1 Å². The molecule has 0 radical (unpaired) electrons. The van der Waals surface area contributed by atoms with E-state index in [1.807, 2.05) is 30.3 Å². The van der Waals surface area contributed by atoms with Gasteiger partial charge in [0.1, 0.15) is 0 Å². The van der Waals surface area contributed by atoms with Gasteiger partial charge in [0.2, 0.25) is 15.9 Å². The van der Waals surface area contributed by atoms with Crippen LogP contribution in [0.3, 0.4) is 0 Å². The van der Waals surface area contributed by atoms with E-state index in [1.54, 1.807) is 6.92 Å². The second-order valence-corrected chi connectivity index (χ2v) is 8.14. The molecule has 1 heterocycles. The van der Waals surface area contributed by atoms with E-state index in [0.717, 1.165) is 5.56 Å². The molecule has 1 amide bonds. The number of carbonyl (C=O) groups is 1. The summed E-state index contributed by atoms with van der Waals surface area (Å²) >= 11 is 0. The molecule has 1 fully saturated rings. The van der Waals surface area contributed by atoms with Crippen LogP contribution in [0.15, 0.2) is 30.3 Å². The summed E-state index contributed by atoms with van der Waals surface area (Å²) < 4.78 is 25.1. The minimum atomic E-state index is -3.13. The molecule has 0 aliphatic carbocycles. The average Bonchev–Trinajstić information content (AvgIpc) is 2.56. The van der Waals surface area contributed by atoms with Crippen LogP contribution in [-0.4, -0.2) is 49.6 Å². The molecule has 1 saturated heterocycles. The highest BCUT2D eigenvalue weighted by atomic mass is 32.2. The number of nitrogens with two attached hydrogens (primary N) is 1. The molecule has 3 N–H and O–H groups in total. The third-order valence-corrected chi connectivity index (χ3v) is 6.08. The highest BCUT2D eigenvalue weighted by molar-refractivity contribution is 7.89. The quantitative estimate of drug-likeness (QED) is 0.789. The van der Waals surface area contributed by atoms with Crippen molar-refractivity contribution in [3.05, 3.63) is 35.9 Å². The van der Waals surface area contributed by atoms with Crippen molar-refractivity contribution in [1.29, 1.82) is 0 Å². The Morgan fingerprint density at radius 3 is 2.48 bits per heavy atom. The fourth-order valence-electron chi connectivity index (χ4n) is 2.73. The molecule has 1 unspecified atom stereocenters.